The van der Waals surface area contributed by atoms with Gasteiger partial charge >= 0.3 is 0 Å². The second-order valence-corrected chi connectivity index (χ2v) is 5.21. The average Bonchev–Trinajstić information content (AvgIpc) is 2.83. The molecule has 1 saturated carbocycles. The third kappa shape index (κ3) is 2.61. The number of rotatable bonds is 4. The number of nitrogens with one attached hydrogen (secondary N) is 1. The first kappa shape index (κ1) is 13.2. The van der Waals surface area contributed by atoms with E-state index in [-0.39, 0.29) is 5.84 Å². The zero-order valence-corrected chi connectivity index (χ0v) is 11.5. The molecule has 0 atom stereocenters. The molecule has 0 aromatic heterocycles. The van der Waals surface area contributed by atoms with Gasteiger partial charge in [-0.25, -0.2) is 0 Å². The van der Waals surface area contributed by atoms with Gasteiger partial charge < -0.3 is 10.6 Å². The Bertz CT molecular complexity index is 439. The number of anilines is 1. The summed E-state index contributed by atoms with van der Waals surface area (Å²) in [7, 11) is 0. The maximum atomic E-state index is 7.45. The molecule has 0 amide bonds. The largest absolute Gasteiger partial charge is 0.384 e. The standard InChI is InChI=1S/C14H20ClN3/c1-2-18(10-5-3-4-6-10)11-7-8-12(14(16)17)13(15)9-11/h7-10H,2-6H2,1H3,(H3,16,17). The highest BCUT2D eigenvalue weighted by molar-refractivity contribution is 6.34. The van der Waals surface area contributed by atoms with E-state index >= 15 is 0 Å². The molecule has 18 heavy (non-hydrogen) atoms. The fourth-order valence-electron chi connectivity index (χ4n) is 2.77. The van der Waals surface area contributed by atoms with Gasteiger partial charge in [-0.1, -0.05) is 24.4 Å². The van der Waals surface area contributed by atoms with Crippen molar-refractivity contribution in [2.24, 2.45) is 5.73 Å². The second kappa shape index (κ2) is 5.61. The molecule has 98 valence electrons. The van der Waals surface area contributed by atoms with Crippen molar-refractivity contribution in [3.8, 4) is 0 Å². The van der Waals surface area contributed by atoms with Crippen LogP contribution in [0.3, 0.4) is 0 Å². The lowest BCUT2D eigenvalue weighted by molar-refractivity contribution is 0.620. The summed E-state index contributed by atoms with van der Waals surface area (Å²) in [5, 5.41) is 8.01. The highest BCUT2D eigenvalue weighted by Crippen LogP contribution is 2.30. The van der Waals surface area contributed by atoms with Gasteiger partial charge in [0, 0.05) is 23.8 Å². The summed E-state index contributed by atoms with van der Waals surface area (Å²) in [6.45, 7) is 3.16. The molecule has 0 heterocycles. The molecule has 1 aromatic carbocycles. The normalized spacial score (nSPS) is 15.9. The molecule has 3 nitrogen and oxygen atoms in total. The number of benzene rings is 1. The van der Waals surface area contributed by atoms with E-state index in [1.165, 1.54) is 25.7 Å². The Morgan fingerprint density at radius 3 is 2.61 bits per heavy atom. The van der Waals surface area contributed by atoms with Gasteiger partial charge in [0.2, 0.25) is 0 Å². The van der Waals surface area contributed by atoms with Crippen LogP contribution < -0.4 is 10.6 Å². The third-order valence-electron chi connectivity index (χ3n) is 3.68. The van der Waals surface area contributed by atoms with Crippen molar-refractivity contribution in [3.05, 3.63) is 28.8 Å². The van der Waals surface area contributed by atoms with Gasteiger partial charge in [-0.05, 0) is 38.0 Å². The Morgan fingerprint density at radius 2 is 2.11 bits per heavy atom. The van der Waals surface area contributed by atoms with Gasteiger partial charge in [0.1, 0.15) is 5.84 Å². The zero-order chi connectivity index (χ0) is 13.1. The molecule has 1 aromatic rings. The summed E-state index contributed by atoms with van der Waals surface area (Å²) in [4.78, 5) is 2.41. The van der Waals surface area contributed by atoms with Gasteiger partial charge in [0.15, 0.2) is 0 Å². The van der Waals surface area contributed by atoms with Gasteiger partial charge in [0.25, 0.3) is 0 Å². The Balaban J connectivity index is 2.26. The number of halogens is 1. The maximum absolute atomic E-state index is 7.45. The number of nitrogens with zero attached hydrogens (tertiary/aromatic N) is 1. The van der Waals surface area contributed by atoms with Crippen LogP contribution in [-0.2, 0) is 0 Å². The molecule has 1 aliphatic carbocycles. The topological polar surface area (TPSA) is 53.1 Å². The van der Waals surface area contributed by atoms with E-state index in [1.807, 2.05) is 18.2 Å². The fourth-order valence-corrected chi connectivity index (χ4v) is 3.05. The third-order valence-corrected chi connectivity index (χ3v) is 3.99. The fraction of sp³-hybridized carbons (Fsp3) is 0.500. The zero-order valence-electron chi connectivity index (χ0n) is 10.7. The minimum Gasteiger partial charge on any atom is -0.384 e. The number of hydrogen-bond acceptors (Lipinski definition) is 2. The van der Waals surface area contributed by atoms with E-state index in [9.17, 15) is 0 Å². The predicted molar refractivity (Wildman–Crippen MR) is 77.7 cm³/mol. The first-order valence-corrected chi connectivity index (χ1v) is 6.92. The van der Waals surface area contributed by atoms with Crippen molar-refractivity contribution in [1.29, 1.82) is 5.41 Å². The van der Waals surface area contributed by atoms with Crippen LogP contribution in [0.4, 0.5) is 5.69 Å². The van der Waals surface area contributed by atoms with Crippen LogP contribution in [0.2, 0.25) is 5.02 Å². The highest BCUT2D eigenvalue weighted by atomic mass is 35.5. The van der Waals surface area contributed by atoms with Crippen LogP contribution in [0.1, 0.15) is 38.2 Å². The lowest BCUT2D eigenvalue weighted by Crippen LogP contribution is -2.33. The molecule has 0 radical (unpaired) electrons. The van der Waals surface area contributed by atoms with Gasteiger partial charge in [-0.3, -0.25) is 5.41 Å². The first-order valence-electron chi connectivity index (χ1n) is 6.54. The van der Waals surface area contributed by atoms with Crippen molar-refractivity contribution in [2.75, 3.05) is 11.4 Å². The smallest absolute Gasteiger partial charge is 0.124 e. The summed E-state index contributed by atoms with van der Waals surface area (Å²) < 4.78 is 0. The van der Waals surface area contributed by atoms with Gasteiger partial charge in [-0.2, -0.15) is 0 Å². The van der Waals surface area contributed by atoms with Crippen molar-refractivity contribution in [1.82, 2.24) is 0 Å². The first-order chi connectivity index (χ1) is 8.63. The Morgan fingerprint density at radius 1 is 1.44 bits per heavy atom. The molecule has 0 bridgehead atoms. The summed E-state index contributed by atoms with van der Waals surface area (Å²) in [6, 6.07) is 6.43. The molecule has 0 spiro atoms. The summed E-state index contributed by atoms with van der Waals surface area (Å²) in [5.41, 5.74) is 7.23. The molecule has 1 fully saturated rings. The lowest BCUT2D eigenvalue weighted by Gasteiger charge is -2.30. The number of amidine groups is 1. The molecule has 0 saturated heterocycles. The van der Waals surface area contributed by atoms with Crippen LogP contribution in [0, 0.1) is 5.41 Å². The van der Waals surface area contributed by atoms with Crippen LogP contribution >= 0.6 is 11.6 Å². The van der Waals surface area contributed by atoms with E-state index in [4.69, 9.17) is 22.7 Å². The van der Waals surface area contributed by atoms with Crippen LogP contribution in [0.5, 0.6) is 0 Å². The molecular formula is C14H20ClN3. The van der Waals surface area contributed by atoms with E-state index in [1.54, 1.807) is 0 Å². The molecule has 0 unspecified atom stereocenters. The lowest BCUT2D eigenvalue weighted by atomic mass is 10.1. The molecule has 0 aliphatic heterocycles. The monoisotopic (exact) mass is 265 g/mol. The van der Waals surface area contributed by atoms with E-state index < -0.39 is 0 Å². The molecule has 1 aliphatic rings. The predicted octanol–water partition coefficient (Wildman–Crippen LogP) is 3.39. The Kier molecular flexibility index (Phi) is 4.12. The van der Waals surface area contributed by atoms with Crippen molar-refractivity contribution < 1.29 is 0 Å². The maximum Gasteiger partial charge on any atom is 0.124 e. The molecule has 3 N–H and O–H groups in total. The SMILES string of the molecule is CCN(c1ccc(C(=N)N)c(Cl)c1)C1CCCC1. The van der Waals surface area contributed by atoms with E-state index in [0.717, 1.165) is 12.2 Å². The van der Waals surface area contributed by atoms with Crippen molar-refractivity contribution in [2.45, 2.75) is 38.6 Å². The minimum atomic E-state index is 0.0236. The highest BCUT2D eigenvalue weighted by Gasteiger charge is 2.22. The second-order valence-electron chi connectivity index (χ2n) is 4.80. The van der Waals surface area contributed by atoms with E-state index in [0.29, 0.717) is 16.6 Å². The Labute approximate surface area is 113 Å². The summed E-state index contributed by atoms with van der Waals surface area (Å²) >= 11 is 6.18. The Hall–Kier alpha value is -1.22. The number of hydrogen-bond donors (Lipinski definition) is 2. The summed E-state index contributed by atoms with van der Waals surface area (Å²) in [5.74, 6) is 0.0236. The average molecular weight is 266 g/mol. The molecular weight excluding hydrogens is 246 g/mol. The summed E-state index contributed by atoms with van der Waals surface area (Å²) in [6.07, 6.45) is 5.17. The van der Waals surface area contributed by atoms with Gasteiger partial charge in [0.05, 0.1) is 5.02 Å². The van der Waals surface area contributed by atoms with Gasteiger partial charge in [-0.15, -0.1) is 0 Å². The minimum absolute atomic E-state index is 0.0236. The number of nitrogen functional groups attached to an aromatic ring is 1. The molecule has 4 heteroatoms. The van der Waals surface area contributed by atoms with Crippen LogP contribution in [0.25, 0.3) is 0 Å². The van der Waals surface area contributed by atoms with E-state index in [2.05, 4.69) is 11.8 Å². The van der Waals surface area contributed by atoms with Crippen molar-refractivity contribution >= 4 is 23.1 Å². The molecule has 2 rings (SSSR count). The number of nitrogens with two attached hydrogens (primary N) is 1. The quantitative estimate of drug-likeness (QED) is 0.648. The van der Waals surface area contributed by atoms with Crippen LogP contribution in [0.15, 0.2) is 18.2 Å². The van der Waals surface area contributed by atoms with Crippen molar-refractivity contribution in [3.63, 3.8) is 0 Å². The van der Waals surface area contributed by atoms with Crippen LogP contribution in [-0.4, -0.2) is 18.4 Å².